The van der Waals surface area contributed by atoms with Crippen LogP contribution in [0.5, 0.6) is 0 Å². The molecule has 0 radical (unpaired) electrons. The van der Waals surface area contributed by atoms with Crippen molar-refractivity contribution in [2.45, 2.75) is 30.3 Å². The third kappa shape index (κ3) is 4.04. The molecule has 0 saturated heterocycles. The van der Waals surface area contributed by atoms with Gasteiger partial charge >= 0.3 is 0 Å². The molecule has 0 bridgehead atoms. The molecule has 7 heteroatoms. The van der Waals surface area contributed by atoms with Crippen LogP contribution in [-0.4, -0.2) is 25.9 Å². The predicted octanol–water partition coefficient (Wildman–Crippen LogP) is 2.31. The highest BCUT2D eigenvalue weighted by molar-refractivity contribution is 8.00. The van der Waals surface area contributed by atoms with E-state index in [0.29, 0.717) is 5.16 Å². The third-order valence-corrected chi connectivity index (χ3v) is 4.20. The molecular weight excluding hydrogens is 291 g/mol. The summed E-state index contributed by atoms with van der Waals surface area (Å²) in [6.07, 6.45) is 1.59. The van der Waals surface area contributed by atoms with Gasteiger partial charge in [-0.2, -0.15) is 0 Å². The predicted molar refractivity (Wildman–Crippen MR) is 79.3 cm³/mol. The second-order valence-corrected chi connectivity index (χ2v) is 6.07. The average molecular weight is 308 g/mol. The Morgan fingerprint density at radius 2 is 2.00 bits per heavy atom. The fourth-order valence-electron chi connectivity index (χ4n) is 1.76. The Morgan fingerprint density at radius 3 is 2.57 bits per heavy atom. The minimum atomic E-state index is -0.296. The van der Waals surface area contributed by atoms with E-state index in [1.807, 2.05) is 20.9 Å². The van der Waals surface area contributed by atoms with Gasteiger partial charge in [-0.15, -0.1) is 10.2 Å². The van der Waals surface area contributed by atoms with Crippen LogP contribution in [0.25, 0.3) is 0 Å². The van der Waals surface area contributed by atoms with Crippen molar-refractivity contribution in [2.75, 3.05) is 0 Å². The summed E-state index contributed by atoms with van der Waals surface area (Å²) in [6.45, 7) is 3.68. The molecule has 0 aliphatic rings. The number of benzene rings is 1. The molecule has 0 aliphatic carbocycles. The lowest BCUT2D eigenvalue weighted by molar-refractivity contribution is -0.120. The molecule has 1 aromatic heterocycles. The van der Waals surface area contributed by atoms with Gasteiger partial charge < -0.3 is 9.88 Å². The van der Waals surface area contributed by atoms with Crippen LogP contribution in [-0.2, 0) is 11.8 Å². The highest BCUT2D eigenvalue weighted by atomic mass is 32.2. The molecule has 1 N–H and O–H groups in total. The van der Waals surface area contributed by atoms with E-state index in [9.17, 15) is 9.18 Å². The molecule has 21 heavy (non-hydrogen) atoms. The Bertz CT molecular complexity index is 614. The van der Waals surface area contributed by atoms with Crippen molar-refractivity contribution in [3.63, 3.8) is 0 Å². The van der Waals surface area contributed by atoms with Crippen molar-refractivity contribution < 1.29 is 9.18 Å². The molecule has 2 unspecified atom stereocenters. The van der Waals surface area contributed by atoms with E-state index in [1.54, 1.807) is 23.0 Å². The zero-order valence-electron chi connectivity index (χ0n) is 12.1. The summed E-state index contributed by atoms with van der Waals surface area (Å²) < 4.78 is 14.6. The van der Waals surface area contributed by atoms with E-state index in [0.717, 1.165) is 5.56 Å². The van der Waals surface area contributed by atoms with Gasteiger partial charge in [0, 0.05) is 7.05 Å². The molecule has 2 atom stereocenters. The number of thioether (sulfide) groups is 1. The monoisotopic (exact) mass is 308 g/mol. The SMILES string of the molecule is CC(Sc1nncn1C)C(=O)NC(C)c1ccc(F)cc1. The summed E-state index contributed by atoms with van der Waals surface area (Å²) in [6, 6.07) is 5.92. The molecule has 1 heterocycles. The van der Waals surface area contributed by atoms with Crippen molar-refractivity contribution in [1.82, 2.24) is 20.1 Å². The molecular formula is C14H17FN4OS. The highest BCUT2D eigenvalue weighted by Crippen LogP contribution is 2.21. The van der Waals surface area contributed by atoms with Crippen LogP contribution >= 0.6 is 11.8 Å². The number of rotatable bonds is 5. The van der Waals surface area contributed by atoms with Gasteiger partial charge in [-0.3, -0.25) is 4.79 Å². The molecule has 1 aromatic carbocycles. The van der Waals surface area contributed by atoms with Crippen molar-refractivity contribution in [2.24, 2.45) is 7.05 Å². The summed E-state index contributed by atoms with van der Waals surface area (Å²) in [5.74, 6) is -0.386. The topological polar surface area (TPSA) is 59.8 Å². The molecule has 0 saturated carbocycles. The smallest absolute Gasteiger partial charge is 0.233 e. The molecule has 2 aromatic rings. The normalized spacial score (nSPS) is 13.7. The summed E-state index contributed by atoms with van der Waals surface area (Å²) in [4.78, 5) is 12.2. The summed E-state index contributed by atoms with van der Waals surface area (Å²) in [5.41, 5.74) is 0.862. The van der Waals surface area contributed by atoms with E-state index in [4.69, 9.17) is 0 Å². The van der Waals surface area contributed by atoms with Crippen molar-refractivity contribution in [3.05, 3.63) is 42.0 Å². The summed E-state index contributed by atoms with van der Waals surface area (Å²) >= 11 is 1.34. The number of nitrogens with one attached hydrogen (secondary N) is 1. The number of carbonyl (C=O) groups excluding carboxylic acids is 1. The second-order valence-electron chi connectivity index (χ2n) is 4.77. The first-order valence-electron chi connectivity index (χ1n) is 6.54. The third-order valence-electron chi connectivity index (χ3n) is 3.05. The minimum absolute atomic E-state index is 0.0974. The number of hydrogen-bond acceptors (Lipinski definition) is 4. The van der Waals surface area contributed by atoms with Gasteiger partial charge in [0.15, 0.2) is 5.16 Å². The van der Waals surface area contributed by atoms with Crippen molar-refractivity contribution >= 4 is 17.7 Å². The van der Waals surface area contributed by atoms with Crippen LogP contribution in [0.2, 0.25) is 0 Å². The van der Waals surface area contributed by atoms with Gasteiger partial charge in [0.2, 0.25) is 5.91 Å². The van der Waals surface area contributed by atoms with Crippen molar-refractivity contribution in [3.8, 4) is 0 Å². The van der Waals surface area contributed by atoms with Gasteiger partial charge in [-0.25, -0.2) is 4.39 Å². The van der Waals surface area contributed by atoms with Gasteiger partial charge in [0.1, 0.15) is 12.1 Å². The molecule has 0 fully saturated rings. The Hall–Kier alpha value is -1.89. The quantitative estimate of drug-likeness (QED) is 0.861. The van der Waals surface area contributed by atoms with Gasteiger partial charge in [-0.1, -0.05) is 23.9 Å². The van der Waals surface area contributed by atoms with Crippen LogP contribution in [0, 0.1) is 5.82 Å². The zero-order chi connectivity index (χ0) is 15.4. The maximum absolute atomic E-state index is 12.9. The van der Waals surface area contributed by atoms with E-state index < -0.39 is 0 Å². The van der Waals surface area contributed by atoms with Crippen LogP contribution in [0.1, 0.15) is 25.5 Å². The van der Waals surface area contributed by atoms with Crippen LogP contribution < -0.4 is 5.32 Å². The number of aromatic nitrogens is 3. The first kappa shape index (κ1) is 15.5. The van der Waals surface area contributed by atoms with Crippen LogP contribution in [0.15, 0.2) is 35.7 Å². The largest absolute Gasteiger partial charge is 0.349 e. The molecule has 112 valence electrons. The van der Waals surface area contributed by atoms with Crippen molar-refractivity contribution in [1.29, 1.82) is 0 Å². The Kier molecular flexibility index (Phi) is 4.95. The maximum atomic E-state index is 12.9. The van der Waals surface area contributed by atoms with Crippen LogP contribution in [0.4, 0.5) is 4.39 Å². The van der Waals surface area contributed by atoms with Gasteiger partial charge in [-0.05, 0) is 31.5 Å². The molecule has 2 rings (SSSR count). The fraction of sp³-hybridized carbons (Fsp3) is 0.357. The summed E-state index contributed by atoms with van der Waals surface area (Å²) in [5, 5.41) is 11.0. The lowest BCUT2D eigenvalue weighted by atomic mass is 10.1. The lowest BCUT2D eigenvalue weighted by Crippen LogP contribution is -2.33. The van der Waals surface area contributed by atoms with E-state index >= 15 is 0 Å². The Morgan fingerprint density at radius 1 is 1.33 bits per heavy atom. The standard InChI is InChI=1S/C14H17FN4OS/c1-9(11-4-6-12(15)7-5-11)17-13(20)10(2)21-14-18-16-8-19(14)3/h4-10H,1-3H3,(H,17,20). The molecule has 0 aliphatic heterocycles. The zero-order valence-corrected chi connectivity index (χ0v) is 12.9. The number of aryl methyl sites for hydroxylation is 1. The first-order valence-corrected chi connectivity index (χ1v) is 7.42. The summed E-state index contributed by atoms with van der Waals surface area (Å²) in [7, 11) is 1.83. The Balaban J connectivity index is 1.94. The fourth-order valence-corrected chi connectivity index (χ4v) is 2.56. The lowest BCUT2D eigenvalue weighted by Gasteiger charge is -2.17. The van der Waals surface area contributed by atoms with Gasteiger partial charge in [0.25, 0.3) is 0 Å². The second kappa shape index (κ2) is 6.71. The number of hydrogen-bond donors (Lipinski definition) is 1. The van der Waals surface area contributed by atoms with Crippen LogP contribution in [0.3, 0.4) is 0 Å². The molecule has 0 spiro atoms. The maximum Gasteiger partial charge on any atom is 0.233 e. The van der Waals surface area contributed by atoms with E-state index in [2.05, 4.69) is 15.5 Å². The Labute approximate surface area is 127 Å². The minimum Gasteiger partial charge on any atom is -0.349 e. The molecule has 1 amide bonds. The first-order chi connectivity index (χ1) is 9.97. The van der Waals surface area contributed by atoms with E-state index in [-0.39, 0.29) is 23.0 Å². The average Bonchev–Trinajstić information content (AvgIpc) is 2.84. The number of carbonyl (C=O) groups is 1. The number of nitrogens with zero attached hydrogens (tertiary/aromatic N) is 3. The number of halogens is 1. The molecule has 5 nitrogen and oxygen atoms in total. The number of amides is 1. The van der Waals surface area contributed by atoms with E-state index in [1.165, 1.54) is 23.9 Å². The highest BCUT2D eigenvalue weighted by Gasteiger charge is 2.19. The van der Waals surface area contributed by atoms with Gasteiger partial charge in [0.05, 0.1) is 11.3 Å².